The summed E-state index contributed by atoms with van der Waals surface area (Å²) in [5.74, 6) is 1.12. The van der Waals surface area contributed by atoms with Crippen molar-refractivity contribution in [3.8, 4) is 0 Å². The van der Waals surface area contributed by atoms with Crippen LogP contribution in [0.1, 0.15) is 43.1 Å². The number of thiazole rings is 1. The van der Waals surface area contributed by atoms with Crippen LogP contribution < -0.4 is 0 Å². The highest BCUT2D eigenvalue weighted by Crippen LogP contribution is 2.36. The molecule has 1 saturated heterocycles. The number of rotatable bonds is 4. The molecule has 1 amide bonds. The van der Waals surface area contributed by atoms with Gasteiger partial charge in [-0.2, -0.15) is 0 Å². The van der Waals surface area contributed by atoms with E-state index in [4.69, 9.17) is 9.97 Å². The molecule has 0 unspecified atom stereocenters. The molecule has 0 N–H and O–H groups in total. The second-order valence-electron chi connectivity index (χ2n) is 7.57. The monoisotopic (exact) mass is 404 g/mol. The van der Waals surface area contributed by atoms with E-state index in [9.17, 15) is 4.79 Å². The maximum absolute atomic E-state index is 13.4. The Morgan fingerprint density at radius 3 is 2.69 bits per heavy atom. The highest BCUT2D eigenvalue weighted by atomic mass is 32.1. The highest BCUT2D eigenvalue weighted by Gasteiger charge is 2.30. The molecule has 5 rings (SSSR count). The molecule has 1 atom stereocenters. The van der Waals surface area contributed by atoms with E-state index >= 15 is 0 Å². The van der Waals surface area contributed by atoms with Crippen LogP contribution in [-0.4, -0.2) is 31.9 Å². The van der Waals surface area contributed by atoms with Crippen LogP contribution in [0.5, 0.6) is 0 Å². The zero-order valence-corrected chi connectivity index (χ0v) is 17.4. The van der Waals surface area contributed by atoms with Crippen molar-refractivity contribution in [2.75, 3.05) is 6.54 Å². The van der Waals surface area contributed by atoms with Gasteiger partial charge < -0.3 is 9.47 Å². The molecule has 2 aromatic heterocycles. The largest absolute Gasteiger partial charge is 0.332 e. The first-order valence-electron chi connectivity index (χ1n) is 10.3. The summed E-state index contributed by atoms with van der Waals surface area (Å²) in [5.41, 5.74) is 3.02. The molecule has 29 heavy (non-hydrogen) atoms. The van der Waals surface area contributed by atoms with Crippen LogP contribution in [-0.2, 0) is 17.8 Å². The van der Waals surface area contributed by atoms with Gasteiger partial charge in [-0.05, 0) is 43.5 Å². The first-order valence-corrected chi connectivity index (χ1v) is 11.2. The van der Waals surface area contributed by atoms with Crippen molar-refractivity contribution in [1.29, 1.82) is 0 Å². The van der Waals surface area contributed by atoms with Gasteiger partial charge in [-0.1, -0.05) is 31.2 Å². The summed E-state index contributed by atoms with van der Waals surface area (Å²) >= 11 is 1.72. The number of aromatic nitrogens is 3. The van der Waals surface area contributed by atoms with E-state index in [0.717, 1.165) is 59.6 Å². The topological polar surface area (TPSA) is 51.0 Å². The number of carbonyl (C=O) groups is 1. The summed E-state index contributed by atoms with van der Waals surface area (Å²) in [6, 6.07) is 16.4. The minimum Gasteiger partial charge on any atom is -0.332 e. The standard InChI is InChI=1S/C23H24N4OS/c1-2-21-24-16-9-3-5-11-18(16)27(21)15-22(28)26-14-8-7-12-19(26)23-25-17-10-4-6-13-20(17)29-23/h3-6,9-11,13,19H,2,7-8,12,14-15H2,1H3/t19-/m1/s1. The van der Waals surface area contributed by atoms with Gasteiger partial charge >= 0.3 is 0 Å². The lowest BCUT2D eigenvalue weighted by Gasteiger charge is -2.34. The van der Waals surface area contributed by atoms with Crippen LogP contribution in [0, 0.1) is 0 Å². The van der Waals surface area contributed by atoms with Gasteiger partial charge in [-0.25, -0.2) is 9.97 Å². The van der Waals surface area contributed by atoms with E-state index in [2.05, 4.69) is 34.6 Å². The quantitative estimate of drug-likeness (QED) is 0.483. The number of hydrogen-bond donors (Lipinski definition) is 0. The fraction of sp³-hybridized carbons (Fsp3) is 0.348. The fourth-order valence-electron chi connectivity index (χ4n) is 4.32. The molecular weight excluding hydrogens is 380 g/mol. The van der Waals surface area contributed by atoms with E-state index in [1.54, 1.807) is 11.3 Å². The minimum absolute atomic E-state index is 0.0773. The Bertz CT molecular complexity index is 1150. The number of piperidine rings is 1. The molecule has 5 nitrogen and oxygen atoms in total. The molecule has 0 bridgehead atoms. The number of likely N-dealkylation sites (tertiary alicyclic amines) is 1. The normalized spacial score (nSPS) is 17.3. The Kier molecular flexibility index (Phi) is 4.79. The molecule has 0 aliphatic carbocycles. The molecule has 148 valence electrons. The van der Waals surface area contributed by atoms with Gasteiger partial charge in [0, 0.05) is 13.0 Å². The van der Waals surface area contributed by atoms with Gasteiger partial charge in [0.05, 0.1) is 27.3 Å². The van der Waals surface area contributed by atoms with Crippen molar-refractivity contribution in [3.63, 3.8) is 0 Å². The van der Waals surface area contributed by atoms with Gasteiger partial charge in [0.2, 0.25) is 5.91 Å². The average Bonchev–Trinajstić information content (AvgIpc) is 3.35. The van der Waals surface area contributed by atoms with Crippen LogP contribution in [0.15, 0.2) is 48.5 Å². The van der Waals surface area contributed by atoms with Gasteiger partial charge in [0.15, 0.2) is 0 Å². The molecule has 1 fully saturated rings. The number of fused-ring (bicyclic) bond motifs is 2. The third-order valence-electron chi connectivity index (χ3n) is 5.76. The predicted molar refractivity (Wildman–Crippen MR) is 117 cm³/mol. The van der Waals surface area contributed by atoms with Crippen LogP contribution in [0.4, 0.5) is 0 Å². The zero-order chi connectivity index (χ0) is 19.8. The third-order valence-corrected chi connectivity index (χ3v) is 6.90. The maximum Gasteiger partial charge on any atom is 0.243 e. The molecule has 2 aromatic carbocycles. The van der Waals surface area contributed by atoms with Crippen LogP contribution in [0.2, 0.25) is 0 Å². The Labute approximate surface area is 174 Å². The second kappa shape index (κ2) is 7.59. The lowest BCUT2D eigenvalue weighted by atomic mass is 10.0. The Hall–Kier alpha value is -2.73. The van der Waals surface area contributed by atoms with Gasteiger partial charge in [0.25, 0.3) is 0 Å². The number of amides is 1. The minimum atomic E-state index is 0.0773. The van der Waals surface area contributed by atoms with Crippen molar-refractivity contribution < 1.29 is 4.79 Å². The lowest BCUT2D eigenvalue weighted by molar-refractivity contribution is -0.135. The summed E-state index contributed by atoms with van der Waals surface area (Å²) < 4.78 is 3.27. The van der Waals surface area contributed by atoms with E-state index in [1.165, 1.54) is 4.70 Å². The summed E-state index contributed by atoms with van der Waals surface area (Å²) in [7, 11) is 0. The molecule has 0 radical (unpaired) electrons. The molecular formula is C23H24N4OS. The number of hydrogen-bond acceptors (Lipinski definition) is 4. The van der Waals surface area contributed by atoms with Gasteiger partial charge in [-0.15, -0.1) is 11.3 Å². The van der Waals surface area contributed by atoms with Crippen molar-refractivity contribution in [2.24, 2.45) is 0 Å². The van der Waals surface area contributed by atoms with E-state index in [1.807, 2.05) is 30.3 Å². The number of aryl methyl sites for hydroxylation is 1. The number of benzene rings is 2. The summed E-state index contributed by atoms with van der Waals surface area (Å²) in [6.45, 7) is 3.23. The molecule has 3 heterocycles. The number of nitrogens with zero attached hydrogens (tertiary/aromatic N) is 4. The zero-order valence-electron chi connectivity index (χ0n) is 16.5. The van der Waals surface area contributed by atoms with Gasteiger partial charge in [-0.3, -0.25) is 4.79 Å². The Balaban J connectivity index is 1.46. The van der Waals surface area contributed by atoms with E-state index < -0.39 is 0 Å². The Morgan fingerprint density at radius 2 is 1.86 bits per heavy atom. The first kappa shape index (κ1) is 18.3. The number of para-hydroxylation sites is 3. The second-order valence-corrected chi connectivity index (χ2v) is 8.64. The van der Waals surface area contributed by atoms with Gasteiger partial charge in [0.1, 0.15) is 17.4 Å². The maximum atomic E-state index is 13.4. The molecule has 1 aliphatic rings. The molecule has 0 saturated carbocycles. The van der Waals surface area contributed by atoms with Crippen LogP contribution >= 0.6 is 11.3 Å². The Morgan fingerprint density at radius 1 is 1.07 bits per heavy atom. The molecule has 1 aliphatic heterocycles. The van der Waals surface area contributed by atoms with Crippen LogP contribution in [0.25, 0.3) is 21.3 Å². The summed E-state index contributed by atoms with van der Waals surface area (Å²) in [4.78, 5) is 25.1. The SMILES string of the molecule is CCc1nc2ccccc2n1CC(=O)N1CCCC[C@@H]1c1nc2ccccc2s1. The highest BCUT2D eigenvalue weighted by molar-refractivity contribution is 7.18. The van der Waals surface area contributed by atoms with Crippen molar-refractivity contribution in [3.05, 3.63) is 59.4 Å². The summed E-state index contributed by atoms with van der Waals surface area (Å²) in [6.07, 6.45) is 3.98. The van der Waals surface area contributed by atoms with Crippen molar-refractivity contribution >= 4 is 38.5 Å². The smallest absolute Gasteiger partial charge is 0.243 e. The van der Waals surface area contributed by atoms with E-state index in [0.29, 0.717) is 6.54 Å². The van der Waals surface area contributed by atoms with Crippen molar-refractivity contribution in [2.45, 2.75) is 45.2 Å². The average molecular weight is 405 g/mol. The van der Waals surface area contributed by atoms with E-state index in [-0.39, 0.29) is 11.9 Å². The molecule has 4 aromatic rings. The number of carbonyl (C=O) groups excluding carboxylic acids is 1. The third kappa shape index (κ3) is 3.31. The first-order chi connectivity index (χ1) is 14.2. The fourth-order valence-corrected chi connectivity index (χ4v) is 5.43. The summed E-state index contributed by atoms with van der Waals surface area (Å²) in [5, 5.41) is 1.06. The van der Waals surface area contributed by atoms with Crippen molar-refractivity contribution in [1.82, 2.24) is 19.4 Å². The molecule has 0 spiro atoms. The number of imidazole rings is 1. The lowest BCUT2D eigenvalue weighted by Crippen LogP contribution is -2.40. The predicted octanol–water partition coefficient (Wildman–Crippen LogP) is 4.96. The van der Waals surface area contributed by atoms with Crippen LogP contribution in [0.3, 0.4) is 0 Å². The molecule has 6 heteroatoms.